The second-order valence-electron chi connectivity index (χ2n) is 3.94. The smallest absolute Gasteiger partial charge is 0.257 e. The van der Waals surface area contributed by atoms with Crippen molar-refractivity contribution in [1.82, 2.24) is 15.1 Å². The molecule has 0 fully saturated rings. The van der Waals surface area contributed by atoms with Gasteiger partial charge in [0.15, 0.2) is 0 Å². The Kier molecular flexibility index (Phi) is 3.06. The first-order valence-corrected chi connectivity index (χ1v) is 6.51. The van der Waals surface area contributed by atoms with Gasteiger partial charge in [-0.25, -0.2) is 0 Å². The maximum absolute atomic E-state index is 5.27. The molecule has 2 aromatic rings. The Morgan fingerprint density at radius 1 is 1.39 bits per heavy atom. The monoisotopic (exact) mass is 303 g/mol. The lowest BCUT2D eigenvalue weighted by Gasteiger charge is -2.06. The van der Waals surface area contributed by atoms with Gasteiger partial charge in [0.05, 0.1) is 0 Å². The Labute approximate surface area is 113 Å². The first-order valence-electron chi connectivity index (χ1n) is 5.60. The van der Waals surface area contributed by atoms with E-state index in [1.807, 2.05) is 18.2 Å². The predicted octanol–water partition coefficient (Wildman–Crippen LogP) is 3.24. The summed E-state index contributed by atoms with van der Waals surface area (Å²) in [5.41, 5.74) is 1.82. The minimum Gasteiger partial charge on any atom is -0.334 e. The highest BCUT2D eigenvalue weighted by molar-refractivity contribution is 9.09. The zero-order valence-electron chi connectivity index (χ0n) is 9.45. The number of hydrogen-bond donors (Lipinski definition) is 0. The van der Waals surface area contributed by atoms with Crippen molar-refractivity contribution in [1.29, 1.82) is 0 Å². The standard InChI is InChI=1S/C13H10BrN3O/c14-11-5-3-9(4-6-11)13-16-12(17-18-13)10-2-1-7-15-8-10/h1-5,7-8,11H,6H2. The molecule has 0 aromatic carbocycles. The van der Waals surface area contributed by atoms with E-state index in [4.69, 9.17) is 4.52 Å². The van der Waals surface area contributed by atoms with E-state index >= 15 is 0 Å². The largest absolute Gasteiger partial charge is 0.334 e. The topological polar surface area (TPSA) is 51.8 Å². The molecule has 1 aliphatic carbocycles. The van der Waals surface area contributed by atoms with E-state index in [1.54, 1.807) is 12.4 Å². The molecule has 0 spiro atoms. The highest BCUT2D eigenvalue weighted by Crippen LogP contribution is 2.24. The number of alkyl halides is 1. The van der Waals surface area contributed by atoms with Crippen LogP contribution >= 0.6 is 15.9 Å². The van der Waals surface area contributed by atoms with E-state index in [0.717, 1.165) is 17.6 Å². The third-order valence-corrected chi connectivity index (χ3v) is 3.32. The molecule has 5 heteroatoms. The summed E-state index contributed by atoms with van der Waals surface area (Å²) in [5, 5.41) is 3.97. The molecule has 0 amide bonds. The molecule has 0 N–H and O–H groups in total. The number of pyridine rings is 1. The second-order valence-corrected chi connectivity index (χ2v) is 5.11. The number of halogens is 1. The van der Waals surface area contributed by atoms with E-state index in [9.17, 15) is 0 Å². The van der Waals surface area contributed by atoms with Gasteiger partial charge in [0.25, 0.3) is 5.89 Å². The summed E-state index contributed by atoms with van der Waals surface area (Å²) in [6.07, 6.45) is 10.5. The quantitative estimate of drug-likeness (QED) is 0.799. The van der Waals surface area contributed by atoms with Crippen molar-refractivity contribution in [2.45, 2.75) is 11.2 Å². The molecule has 2 aromatic heterocycles. The number of allylic oxidation sites excluding steroid dienone is 4. The highest BCUT2D eigenvalue weighted by atomic mass is 79.9. The van der Waals surface area contributed by atoms with E-state index in [1.165, 1.54) is 0 Å². The van der Waals surface area contributed by atoms with Crippen LogP contribution in [0.25, 0.3) is 17.0 Å². The number of nitrogens with zero attached hydrogens (tertiary/aromatic N) is 3. The molecule has 0 saturated heterocycles. The van der Waals surface area contributed by atoms with E-state index in [2.05, 4.69) is 43.2 Å². The molecular weight excluding hydrogens is 294 g/mol. The van der Waals surface area contributed by atoms with Crippen LogP contribution in [-0.2, 0) is 0 Å². The van der Waals surface area contributed by atoms with Crippen molar-refractivity contribution >= 4 is 21.5 Å². The van der Waals surface area contributed by atoms with Crippen molar-refractivity contribution in [3.63, 3.8) is 0 Å². The van der Waals surface area contributed by atoms with Crippen LogP contribution in [0.5, 0.6) is 0 Å². The summed E-state index contributed by atoms with van der Waals surface area (Å²) < 4.78 is 5.27. The van der Waals surface area contributed by atoms with Crippen LogP contribution in [0.3, 0.4) is 0 Å². The SMILES string of the molecule is BrC1C=CC(c2nc(-c3cccnc3)no2)=CC1. The molecule has 18 heavy (non-hydrogen) atoms. The molecular formula is C13H10BrN3O. The lowest BCUT2D eigenvalue weighted by molar-refractivity contribution is 0.409. The van der Waals surface area contributed by atoms with Crippen molar-refractivity contribution in [2.75, 3.05) is 0 Å². The normalized spacial score (nSPS) is 18.7. The Morgan fingerprint density at radius 3 is 3.06 bits per heavy atom. The minimum atomic E-state index is 0.391. The molecule has 0 radical (unpaired) electrons. The van der Waals surface area contributed by atoms with Crippen LogP contribution in [0, 0.1) is 0 Å². The maximum Gasteiger partial charge on any atom is 0.257 e. The fraction of sp³-hybridized carbons (Fsp3) is 0.154. The van der Waals surface area contributed by atoms with Crippen LogP contribution in [-0.4, -0.2) is 20.0 Å². The molecule has 1 atom stereocenters. The van der Waals surface area contributed by atoms with Gasteiger partial charge in [-0.1, -0.05) is 39.3 Å². The number of hydrogen-bond acceptors (Lipinski definition) is 4. The molecule has 3 rings (SSSR count). The van der Waals surface area contributed by atoms with Crippen molar-refractivity contribution in [2.24, 2.45) is 0 Å². The van der Waals surface area contributed by atoms with Crippen molar-refractivity contribution in [3.8, 4) is 11.4 Å². The average molecular weight is 304 g/mol. The fourth-order valence-corrected chi connectivity index (χ4v) is 2.05. The third-order valence-electron chi connectivity index (χ3n) is 2.64. The summed E-state index contributed by atoms with van der Waals surface area (Å²) in [7, 11) is 0. The molecule has 0 bridgehead atoms. The first kappa shape index (κ1) is 11.3. The summed E-state index contributed by atoms with van der Waals surface area (Å²) >= 11 is 3.52. The molecule has 0 saturated carbocycles. The average Bonchev–Trinajstić information content (AvgIpc) is 2.90. The lowest BCUT2D eigenvalue weighted by atomic mass is 10.1. The third kappa shape index (κ3) is 2.26. The molecule has 4 nitrogen and oxygen atoms in total. The van der Waals surface area contributed by atoms with Crippen LogP contribution < -0.4 is 0 Å². The van der Waals surface area contributed by atoms with E-state index in [0.29, 0.717) is 16.5 Å². The van der Waals surface area contributed by atoms with E-state index in [-0.39, 0.29) is 0 Å². The van der Waals surface area contributed by atoms with Gasteiger partial charge < -0.3 is 4.52 Å². The molecule has 90 valence electrons. The Hall–Kier alpha value is -1.75. The summed E-state index contributed by atoms with van der Waals surface area (Å²) in [6.45, 7) is 0. The van der Waals surface area contributed by atoms with Gasteiger partial charge >= 0.3 is 0 Å². The van der Waals surface area contributed by atoms with Gasteiger partial charge in [0, 0.05) is 28.4 Å². The second kappa shape index (κ2) is 4.86. The van der Waals surface area contributed by atoms with Crippen LogP contribution in [0.1, 0.15) is 12.3 Å². The first-order chi connectivity index (χ1) is 8.83. The number of aromatic nitrogens is 3. The summed E-state index contributed by atoms with van der Waals surface area (Å²) in [6, 6.07) is 3.75. The van der Waals surface area contributed by atoms with Gasteiger partial charge in [-0.05, 0) is 18.6 Å². The summed E-state index contributed by atoms with van der Waals surface area (Å²) in [4.78, 5) is 8.80. The van der Waals surface area contributed by atoms with Gasteiger partial charge in [-0.3, -0.25) is 4.98 Å². The van der Waals surface area contributed by atoms with E-state index < -0.39 is 0 Å². The molecule has 1 aliphatic rings. The zero-order chi connectivity index (χ0) is 12.4. The predicted molar refractivity (Wildman–Crippen MR) is 72.0 cm³/mol. The van der Waals surface area contributed by atoms with Crippen LogP contribution in [0.4, 0.5) is 0 Å². The van der Waals surface area contributed by atoms with Gasteiger partial charge in [-0.15, -0.1) is 0 Å². The maximum atomic E-state index is 5.27. The summed E-state index contributed by atoms with van der Waals surface area (Å²) in [5.74, 6) is 1.11. The highest BCUT2D eigenvalue weighted by Gasteiger charge is 2.14. The number of rotatable bonds is 2. The van der Waals surface area contributed by atoms with Crippen molar-refractivity contribution in [3.05, 3.63) is 48.6 Å². The fourth-order valence-electron chi connectivity index (χ4n) is 1.71. The Balaban J connectivity index is 1.89. The van der Waals surface area contributed by atoms with Crippen LogP contribution in [0.2, 0.25) is 0 Å². The van der Waals surface area contributed by atoms with Crippen molar-refractivity contribution < 1.29 is 4.52 Å². The zero-order valence-corrected chi connectivity index (χ0v) is 11.0. The van der Waals surface area contributed by atoms with Gasteiger partial charge in [-0.2, -0.15) is 4.98 Å². The molecule has 2 heterocycles. The minimum absolute atomic E-state index is 0.391. The lowest BCUT2D eigenvalue weighted by Crippen LogP contribution is -1.96. The molecule has 1 unspecified atom stereocenters. The van der Waals surface area contributed by atoms with Gasteiger partial charge in [0.1, 0.15) is 0 Å². The van der Waals surface area contributed by atoms with Gasteiger partial charge in [0.2, 0.25) is 5.82 Å². The van der Waals surface area contributed by atoms with Crippen LogP contribution in [0.15, 0.2) is 47.3 Å². The Morgan fingerprint density at radius 2 is 2.33 bits per heavy atom. The Bertz CT molecular complexity index is 604. The molecule has 0 aliphatic heterocycles.